The molecule has 3 heterocycles. The standard InChI is InChI=1S/C21H29N5/c1-2-24-13-15-26(16-14-24)20-17-19(25-11-7-4-8-12-25)22-21(23-20)18-9-5-3-6-10-18/h3,5-6,9-10,17H,2,4,7-8,11-16H2,1H3. The predicted octanol–water partition coefficient (Wildman–Crippen LogP) is 3.28. The molecule has 0 atom stereocenters. The monoisotopic (exact) mass is 351 g/mol. The lowest BCUT2D eigenvalue weighted by Crippen LogP contribution is -2.46. The molecule has 2 aliphatic rings. The van der Waals surface area contributed by atoms with Gasteiger partial charge in [-0.25, -0.2) is 9.97 Å². The topological polar surface area (TPSA) is 35.5 Å². The lowest BCUT2D eigenvalue weighted by Gasteiger charge is -2.35. The Morgan fingerprint density at radius 3 is 2.00 bits per heavy atom. The summed E-state index contributed by atoms with van der Waals surface area (Å²) in [4.78, 5) is 17.2. The van der Waals surface area contributed by atoms with Crippen LogP contribution in [0.1, 0.15) is 26.2 Å². The van der Waals surface area contributed by atoms with Gasteiger partial charge in [0.25, 0.3) is 0 Å². The summed E-state index contributed by atoms with van der Waals surface area (Å²) in [6, 6.07) is 12.6. The van der Waals surface area contributed by atoms with E-state index in [0.717, 1.165) is 68.8 Å². The number of hydrogen-bond donors (Lipinski definition) is 0. The van der Waals surface area contributed by atoms with Crippen LogP contribution in [0.25, 0.3) is 11.4 Å². The molecule has 0 saturated carbocycles. The summed E-state index contributed by atoms with van der Waals surface area (Å²) in [6.07, 6.45) is 3.85. The molecule has 0 aliphatic carbocycles. The summed E-state index contributed by atoms with van der Waals surface area (Å²) in [6.45, 7) is 9.88. The maximum atomic E-state index is 4.94. The van der Waals surface area contributed by atoms with E-state index in [-0.39, 0.29) is 0 Å². The fourth-order valence-corrected chi connectivity index (χ4v) is 3.88. The van der Waals surface area contributed by atoms with Crippen molar-refractivity contribution >= 4 is 11.6 Å². The van der Waals surface area contributed by atoms with Crippen molar-refractivity contribution < 1.29 is 0 Å². The molecular formula is C21H29N5. The highest BCUT2D eigenvalue weighted by Gasteiger charge is 2.21. The number of benzene rings is 1. The molecule has 2 aromatic rings. The van der Waals surface area contributed by atoms with Crippen molar-refractivity contribution in [1.29, 1.82) is 0 Å². The molecular weight excluding hydrogens is 322 g/mol. The minimum absolute atomic E-state index is 0.849. The number of hydrogen-bond acceptors (Lipinski definition) is 5. The predicted molar refractivity (Wildman–Crippen MR) is 108 cm³/mol. The zero-order chi connectivity index (χ0) is 17.8. The second-order valence-electron chi connectivity index (χ2n) is 7.24. The van der Waals surface area contributed by atoms with Crippen molar-refractivity contribution in [2.24, 2.45) is 0 Å². The summed E-state index contributed by atoms with van der Waals surface area (Å²) in [5.74, 6) is 3.02. The molecule has 2 fully saturated rings. The van der Waals surface area contributed by atoms with Gasteiger partial charge >= 0.3 is 0 Å². The van der Waals surface area contributed by atoms with Gasteiger partial charge in [0.2, 0.25) is 0 Å². The maximum Gasteiger partial charge on any atom is 0.163 e. The average Bonchev–Trinajstić information content (AvgIpc) is 2.75. The number of piperazine rings is 1. The van der Waals surface area contributed by atoms with Crippen LogP contribution in [0.4, 0.5) is 11.6 Å². The van der Waals surface area contributed by atoms with Crippen molar-refractivity contribution in [3.05, 3.63) is 36.4 Å². The third-order valence-corrected chi connectivity index (χ3v) is 5.55. The third kappa shape index (κ3) is 3.83. The van der Waals surface area contributed by atoms with E-state index in [2.05, 4.69) is 52.0 Å². The number of aromatic nitrogens is 2. The van der Waals surface area contributed by atoms with Gasteiger partial charge in [-0.1, -0.05) is 37.3 Å². The Bertz CT molecular complexity index is 704. The molecule has 2 aliphatic heterocycles. The summed E-state index contributed by atoms with van der Waals surface area (Å²) >= 11 is 0. The van der Waals surface area contributed by atoms with Gasteiger partial charge in [-0.2, -0.15) is 0 Å². The van der Waals surface area contributed by atoms with Gasteiger partial charge in [-0.3, -0.25) is 0 Å². The molecule has 0 spiro atoms. The van der Waals surface area contributed by atoms with E-state index in [0.29, 0.717) is 0 Å². The van der Waals surface area contributed by atoms with Crippen molar-refractivity contribution in [2.75, 3.05) is 55.6 Å². The van der Waals surface area contributed by atoms with Crippen LogP contribution in [-0.2, 0) is 0 Å². The highest BCUT2D eigenvalue weighted by Crippen LogP contribution is 2.27. The molecule has 4 rings (SSSR count). The molecule has 26 heavy (non-hydrogen) atoms. The third-order valence-electron chi connectivity index (χ3n) is 5.55. The van der Waals surface area contributed by atoms with Crippen LogP contribution in [0.3, 0.4) is 0 Å². The lowest BCUT2D eigenvalue weighted by atomic mass is 10.1. The molecule has 0 amide bonds. The Balaban J connectivity index is 1.66. The van der Waals surface area contributed by atoms with Crippen LogP contribution in [0, 0.1) is 0 Å². The molecule has 0 radical (unpaired) electrons. The normalized spacial score (nSPS) is 19.0. The van der Waals surface area contributed by atoms with Crippen LogP contribution in [0.2, 0.25) is 0 Å². The second kappa shape index (κ2) is 8.04. The number of anilines is 2. The summed E-state index contributed by atoms with van der Waals surface area (Å²) in [5, 5.41) is 0. The van der Waals surface area contributed by atoms with Crippen molar-refractivity contribution in [3.63, 3.8) is 0 Å². The van der Waals surface area contributed by atoms with E-state index in [1.54, 1.807) is 0 Å². The Morgan fingerprint density at radius 2 is 1.38 bits per heavy atom. The Hall–Kier alpha value is -2.14. The lowest BCUT2D eigenvalue weighted by molar-refractivity contribution is 0.270. The Labute approximate surface area is 156 Å². The first kappa shape index (κ1) is 17.3. The average molecular weight is 351 g/mol. The number of rotatable bonds is 4. The SMILES string of the molecule is CCN1CCN(c2cc(N3CCCCC3)nc(-c3ccccc3)n2)CC1. The molecule has 0 unspecified atom stereocenters. The van der Waals surface area contributed by atoms with Crippen LogP contribution in [-0.4, -0.2) is 60.7 Å². The fraction of sp³-hybridized carbons (Fsp3) is 0.524. The highest BCUT2D eigenvalue weighted by molar-refractivity contribution is 5.62. The first-order chi connectivity index (χ1) is 12.8. The molecule has 5 heteroatoms. The first-order valence-corrected chi connectivity index (χ1v) is 10.0. The molecule has 0 N–H and O–H groups in total. The molecule has 2 saturated heterocycles. The minimum Gasteiger partial charge on any atom is -0.356 e. The zero-order valence-electron chi connectivity index (χ0n) is 15.8. The Kier molecular flexibility index (Phi) is 5.34. The second-order valence-corrected chi connectivity index (χ2v) is 7.24. The molecule has 5 nitrogen and oxygen atoms in total. The van der Waals surface area contributed by atoms with Crippen LogP contribution in [0.15, 0.2) is 36.4 Å². The van der Waals surface area contributed by atoms with Gasteiger partial charge in [0.15, 0.2) is 5.82 Å². The minimum atomic E-state index is 0.849. The number of piperidine rings is 1. The van der Waals surface area contributed by atoms with E-state index in [4.69, 9.17) is 9.97 Å². The van der Waals surface area contributed by atoms with Crippen molar-refractivity contribution in [1.82, 2.24) is 14.9 Å². The molecule has 138 valence electrons. The van der Waals surface area contributed by atoms with Gasteiger partial charge in [0.05, 0.1) is 0 Å². The molecule has 1 aromatic carbocycles. The zero-order valence-corrected chi connectivity index (χ0v) is 15.8. The maximum absolute atomic E-state index is 4.94. The van der Waals surface area contributed by atoms with E-state index < -0.39 is 0 Å². The van der Waals surface area contributed by atoms with Gasteiger partial charge in [0.1, 0.15) is 11.6 Å². The number of nitrogens with zero attached hydrogens (tertiary/aromatic N) is 5. The highest BCUT2D eigenvalue weighted by atomic mass is 15.3. The van der Waals surface area contributed by atoms with Crippen LogP contribution < -0.4 is 9.80 Å². The number of likely N-dealkylation sites (N-methyl/N-ethyl adjacent to an activating group) is 1. The van der Waals surface area contributed by atoms with Crippen molar-refractivity contribution in [2.45, 2.75) is 26.2 Å². The fourth-order valence-electron chi connectivity index (χ4n) is 3.88. The summed E-state index contributed by atoms with van der Waals surface area (Å²) in [5.41, 5.74) is 1.10. The van der Waals surface area contributed by atoms with Crippen LogP contribution in [0.5, 0.6) is 0 Å². The first-order valence-electron chi connectivity index (χ1n) is 10.0. The van der Waals surface area contributed by atoms with Gasteiger partial charge in [0, 0.05) is 50.9 Å². The Morgan fingerprint density at radius 1 is 0.769 bits per heavy atom. The summed E-state index contributed by atoms with van der Waals surface area (Å²) in [7, 11) is 0. The van der Waals surface area contributed by atoms with E-state index in [1.165, 1.54) is 19.3 Å². The van der Waals surface area contributed by atoms with E-state index in [9.17, 15) is 0 Å². The van der Waals surface area contributed by atoms with Crippen LogP contribution >= 0.6 is 0 Å². The molecule has 1 aromatic heterocycles. The quantitative estimate of drug-likeness (QED) is 0.845. The van der Waals surface area contributed by atoms with E-state index >= 15 is 0 Å². The largest absolute Gasteiger partial charge is 0.356 e. The summed E-state index contributed by atoms with van der Waals surface area (Å²) < 4.78 is 0. The van der Waals surface area contributed by atoms with Gasteiger partial charge in [-0.05, 0) is 25.8 Å². The van der Waals surface area contributed by atoms with Crippen molar-refractivity contribution in [3.8, 4) is 11.4 Å². The smallest absolute Gasteiger partial charge is 0.163 e. The van der Waals surface area contributed by atoms with Gasteiger partial charge in [-0.15, -0.1) is 0 Å². The van der Waals surface area contributed by atoms with E-state index in [1.807, 2.05) is 6.07 Å². The molecule has 0 bridgehead atoms. The van der Waals surface area contributed by atoms with Gasteiger partial charge < -0.3 is 14.7 Å².